The fourth-order valence-electron chi connectivity index (χ4n) is 5.01. The van der Waals surface area contributed by atoms with E-state index in [0.29, 0.717) is 10.6 Å². The maximum Gasteiger partial charge on any atom is 0.241 e. The van der Waals surface area contributed by atoms with Crippen molar-refractivity contribution in [2.24, 2.45) is 0 Å². The minimum atomic E-state index is -0.117. The lowest BCUT2D eigenvalue weighted by molar-refractivity contribution is -0.115. The summed E-state index contributed by atoms with van der Waals surface area (Å²) in [7, 11) is 1.62. The van der Waals surface area contributed by atoms with E-state index in [1.54, 1.807) is 12.0 Å². The van der Waals surface area contributed by atoms with Gasteiger partial charge in [0.15, 0.2) is 0 Å². The van der Waals surface area contributed by atoms with Crippen molar-refractivity contribution in [1.29, 1.82) is 5.26 Å². The average molecular weight is 578 g/mol. The minimum absolute atomic E-state index is 0.0870. The van der Waals surface area contributed by atoms with E-state index in [0.717, 1.165) is 50.3 Å². The number of pyridine rings is 1. The molecule has 0 fully saturated rings. The largest absolute Gasteiger partial charge is 0.497 e. The van der Waals surface area contributed by atoms with Gasteiger partial charge in [-0.3, -0.25) is 9.69 Å². The van der Waals surface area contributed by atoms with Crippen LogP contribution in [-0.2, 0) is 4.79 Å². The maximum atomic E-state index is 14.0. The molecule has 0 spiro atoms. The highest BCUT2D eigenvalue weighted by molar-refractivity contribution is 8.00. The van der Waals surface area contributed by atoms with Gasteiger partial charge in [0.2, 0.25) is 5.91 Å². The Morgan fingerprint density at radius 2 is 1.44 bits per heavy atom. The van der Waals surface area contributed by atoms with Gasteiger partial charge in [0, 0.05) is 22.5 Å². The molecule has 0 radical (unpaired) electrons. The second-order valence-corrected chi connectivity index (χ2v) is 10.8. The molecule has 6 aromatic rings. The van der Waals surface area contributed by atoms with Crippen molar-refractivity contribution in [2.75, 3.05) is 17.8 Å². The van der Waals surface area contributed by atoms with Gasteiger partial charge in [0.25, 0.3) is 0 Å². The number of nitrogens with zero attached hydrogens (tertiary/aromatic N) is 3. The second-order valence-electron chi connectivity index (χ2n) is 9.83. The van der Waals surface area contributed by atoms with Crippen LogP contribution in [0.3, 0.4) is 0 Å². The van der Waals surface area contributed by atoms with Gasteiger partial charge in [0.1, 0.15) is 16.8 Å². The predicted molar refractivity (Wildman–Crippen MR) is 175 cm³/mol. The summed E-state index contributed by atoms with van der Waals surface area (Å²) in [5, 5.41) is 13.0. The SMILES string of the molecule is COc1ccc(-c2cc(-c3ccccc3)nc(SCC(=O)N(c3ccccc3)c3ccc4ccccc4c3)c2C#N)cc1. The molecule has 1 heterocycles. The number of benzene rings is 5. The molecule has 43 heavy (non-hydrogen) atoms. The van der Waals surface area contributed by atoms with Crippen LogP contribution >= 0.6 is 11.8 Å². The van der Waals surface area contributed by atoms with Crippen molar-refractivity contribution in [3.8, 4) is 34.2 Å². The Labute approximate surface area is 255 Å². The Morgan fingerprint density at radius 1 is 0.767 bits per heavy atom. The van der Waals surface area contributed by atoms with Crippen LogP contribution in [0, 0.1) is 11.3 Å². The van der Waals surface area contributed by atoms with Crippen LogP contribution in [0.4, 0.5) is 11.4 Å². The molecule has 0 atom stereocenters. The third-order valence-corrected chi connectivity index (χ3v) is 8.12. The van der Waals surface area contributed by atoms with Crippen LogP contribution in [0.15, 0.2) is 138 Å². The molecule has 0 aliphatic rings. The van der Waals surface area contributed by atoms with E-state index in [-0.39, 0.29) is 11.7 Å². The Balaban J connectivity index is 1.39. The predicted octanol–water partition coefficient (Wildman–Crippen LogP) is 8.91. The number of aromatic nitrogens is 1. The molecule has 1 amide bonds. The number of amides is 1. The fourth-order valence-corrected chi connectivity index (χ4v) is 5.87. The molecule has 0 saturated heterocycles. The van der Waals surface area contributed by atoms with Gasteiger partial charge < -0.3 is 4.74 Å². The normalized spacial score (nSPS) is 10.7. The summed E-state index contributed by atoms with van der Waals surface area (Å²) < 4.78 is 5.34. The summed E-state index contributed by atoms with van der Waals surface area (Å²) in [6.45, 7) is 0. The monoisotopic (exact) mass is 577 g/mol. The molecule has 0 aliphatic carbocycles. The summed E-state index contributed by atoms with van der Waals surface area (Å²) in [6.07, 6.45) is 0. The van der Waals surface area contributed by atoms with Crippen molar-refractivity contribution >= 4 is 39.8 Å². The van der Waals surface area contributed by atoms with E-state index in [1.165, 1.54) is 11.8 Å². The van der Waals surface area contributed by atoms with Gasteiger partial charge in [-0.25, -0.2) is 4.98 Å². The Bertz CT molecular complexity index is 1940. The number of carbonyl (C=O) groups is 1. The standard InChI is InChI=1S/C37H27N3O2S/c1-42-32-20-17-27(18-21-32)33-23-35(28-11-4-2-5-12-28)39-37(34(33)24-38)43-25-36(41)40(30-14-6-3-7-15-30)31-19-16-26-10-8-9-13-29(26)22-31/h2-23H,25H2,1H3. The van der Waals surface area contributed by atoms with Crippen molar-refractivity contribution < 1.29 is 9.53 Å². The lowest BCUT2D eigenvalue weighted by Gasteiger charge is -2.23. The Hall–Kier alpha value is -5.38. The van der Waals surface area contributed by atoms with Gasteiger partial charge in [-0.2, -0.15) is 5.26 Å². The molecule has 1 aromatic heterocycles. The molecule has 0 N–H and O–H groups in total. The Morgan fingerprint density at radius 3 is 2.14 bits per heavy atom. The average Bonchev–Trinajstić information content (AvgIpc) is 3.08. The molecule has 6 rings (SSSR count). The molecular weight excluding hydrogens is 550 g/mol. The maximum absolute atomic E-state index is 14.0. The number of para-hydroxylation sites is 1. The summed E-state index contributed by atoms with van der Waals surface area (Å²) in [5.41, 5.74) is 5.26. The van der Waals surface area contributed by atoms with E-state index >= 15 is 0 Å². The van der Waals surface area contributed by atoms with Crippen molar-refractivity contribution in [2.45, 2.75) is 5.03 Å². The number of carbonyl (C=O) groups excluding carboxylic acids is 1. The van der Waals surface area contributed by atoms with Gasteiger partial charge in [-0.1, -0.05) is 103 Å². The number of thioether (sulfide) groups is 1. The number of fused-ring (bicyclic) bond motifs is 1. The van der Waals surface area contributed by atoms with Crippen LogP contribution in [-0.4, -0.2) is 23.8 Å². The van der Waals surface area contributed by atoms with E-state index in [4.69, 9.17) is 9.72 Å². The molecule has 6 heteroatoms. The van der Waals surface area contributed by atoms with Crippen molar-refractivity contribution in [3.63, 3.8) is 0 Å². The minimum Gasteiger partial charge on any atom is -0.497 e. The van der Waals surface area contributed by atoms with Crippen molar-refractivity contribution in [3.05, 3.63) is 139 Å². The van der Waals surface area contributed by atoms with Gasteiger partial charge in [0.05, 0.1) is 24.1 Å². The van der Waals surface area contributed by atoms with E-state index < -0.39 is 0 Å². The second kappa shape index (κ2) is 12.6. The number of rotatable bonds is 8. The van der Waals surface area contributed by atoms with Gasteiger partial charge >= 0.3 is 0 Å². The fraction of sp³-hybridized carbons (Fsp3) is 0.0541. The first-order valence-corrected chi connectivity index (χ1v) is 14.8. The molecule has 0 unspecified atom stereocenters. The zero-order valence-corrected chi connectivity index (χ0v) is 24.3. The van der Waals surface area contributed by atoms with Crippen molar-refractivity contribution in [1.82, 2.24) is 4.98 Å². The van der Waals surface area contributed by atoms with Crippen LogP contribution in [0.5, 0.6) is 5.75 Å². The number of hydrogen-bond donors (Lipinski definition) is 0. The third-order valence-electron chi connectivity index (χ3n) is 7.16. The van der Waals surface area contributed by atoms with Crippen LogP contribution in [0.2, 0.25) is 0 Å². The molecule has 5 aromatic carbocycles. The smallest absolute Gasteiger partial charge is 0.241 e. The first-order valence-electron chi connectivity index (χ1n) is 13.8. The molecule has 0 aliphatic heterocycles. The van der Waals surface area contributed by atoms with E-state index in [2.05, 4.69) is 12.1 Å². The topological polar surface area (TPSA) is 66.2 Å². The number of nitriles is 1. The summed E-state index contributed by atoms with van der Waals surface area (Å²) in [6, 6.07) is 45.5. The molecular formula is C37H27N3O2S. The number of methoxy groups -OCH3 is 1. The number of hydrogen-bond acceptors (Lipinski definition) is 5. The van der Waals surface area contributed by atoms with Crippen LogP contribution < -0.4 is 9.64 Å². The van der Waals surface area contributed by atoms with E-state index in [1.807, 2.05) is 127 Å². The zero-order valence-electron chi connectivity index (χ0n) is 23.5. The number of ether oxygens (including phenoxy) is 1. The number of anilines is 2. The molecule has 0 bridgehead atoms. The molecule has 5 nitrogen and oxygen atoms in total. The van der Waals surface area contributed by atoms with Gasteiger partial charge in [-0.15, -0.1) is 0 Å². The summed E-state index contributed by atoms with van der Waals surface area (Å²) in [5.74, 6) is 0.701. The van der Waals surface area contributed by atoms with E-state index in [9.17, 15) is 10.1 Å². The highest BCUT2D eigenvalue weighted by Crippen LogP contribution is 2.36. The highest BCUT2D eigenvalue weighted by atomic mass is 32.2. The lowest BCUT2D eigenvalue weighted by atomic mass is 9.99. The summed E-state index contributed by atoms with van der Waals surface area (Å²) >= 11 is 1.28. The summed E-state index contributed by atoms with van der Waals surface area (Å²) in [4.78, 5) is 20.6. The zero-order chi connectivity index (χ0) is 29.6. The molecule has 0 saturated carbocycles. The highest BCUT2D eigenvalue weighted by Gasteiger charge is 2.22. The Kier molecular flexibility index (Phi) is 8.17. The first kappa shape index (κ1) is 27.8. The van der Waals surface area contributed by atoms with Gasteiger partial charge in [-0.05, 0) is 58.8 Å². The third kappa shape index (κ3) is 5.99. The van der Waals surface area contributed by atoms with Crippen LogP contribution in [0.1, 0.15) is 5.56 Å². The first-order chi connectivity index (χ1) is 21.1. The van der Waals surface area contributed by atoms with Crippen LogP contribution in [0.25, 0.3) is 33.2 Å². The molecule has 208 valence electrons. The lowest BCUT2D eigenvalue weighted by Crippen LogP contribution is -2.27. The quantitative estimate of drug-likeness (QED) is 0.169.